The molecule has 2 fully saturated rings. The third-order valence-corrected chi connectivity index (χ3v) is 4.34. The SMILES string of the molecule is CN1O[C@H]2CCCC(=O)[C@H]2[C@H]1Cc1ccccc1.O=C(O)C(=O)O. The van der Waals surface area contributed by atoms with Gasteiger partial charge in [0.15, 0.2) is 0 Å². The molecule has 0 aromatic heterocycles. The standard InChI is InChI=1S/C15H19NO2.C2H2O4/c1-16-12(10-11-6-3-2-4-7-11)15-13(17)8-5-9-14(15)18-16;3-1(4)2(5)6/h2-4,6-7,12,14-15H,5,8-10H2,1H3;(H,3,4)(H,5,6)/t12-,14+,15-;/m1./s1. The number of aliphatic carboxylic acids is 2. The lowest BCUT2D eigenvalue weighted by Crippen LogP contribution is -2.38. The molecule has 0 spiro atoms. The van der Waals surface area contributed by atoms with Crippen LogP contribution in [0.15, 0.2) is 30.3 Å². The molecule has 2 aliphatic rings. The normalized spacial score (nSPS) is 26.2. The van der Waals surface area contributed by atoms with Crippen molar-refractivity contribution < 1.29 is 29.4 Å². The van der Waals surface area contributed by atoms with Crippen molar-refractivity contribution in [1.82, 2.24) is 5.06 Å². The molecule has 1 aliphatic carbocycles. The van der Waals surface area contributed by atoms with E-state index in [0.717, 1.165) is 25.7 Å². The molecule has 1 saturated heterocycles. The number of Topliss-reactive ketones (excluding diaryl/α,β-unsaturated/α-hetero) is 1. The van der Waals surface area contributed by atoms with Gasteiger partial charge in [0.05, 0.1) is 18.1 Å². The third kappa shape index (κ3) is 4.39. The van der Waals surface area contributed by atoms with Gasteiger partial charge >= 0.3 is 11.9 Å². The van der Waals surface area contributed by atoms with Crippen LogP contribution in [-0.2, 0) is 25.6 Å². The number of ketones is 1. The van der Waals surface area contributed by atoms with Gasteiger partial charge in [0.25, 0.3) is 0 Å². The number of benzene rings is 1. The summed E-state index contributed by atoms with van der Waals surface area (Å²) in [6, 6.07) is 10.6. The Hall–Kier alpha value is -2.25. The summed E-state index contributed by atoms with van der Waals surface area (Å²) in [6.45, 7) is 0. The van der Waals surface area contributed by atoms with Crippen LogP contribution in [0.1, 0.15) is 24.8 Å². The van der Waals surface area contributed by atoms with Crippen molar-refractivity contribution in [2.75, 3.05) is 7.05 Å². The van der Waals surface area contributed by atoms with Crippen LogP contribution in [-0.4, -0.2) is 52.2 Å². The topological polar surface area (TPSA) is 104 Å². The summed E-state index contributed by atoms with van der Waals surface area (Å²) in [4.78, 5) is 36.1. The number of carboxylic acid groups (broad SMARTS) is 2. The van der Waals surface area contributed by atoms with Gasteiger partial charge < -0.3 is 10.2 Å². The molecule has 24 heavy (non-hydrogen) atoms. The fourth-order valence-corrected chi connectivity index (χ4v) is 3.24. The first-order valence-electron chi connectivity index (χ1n) is 7.82. The maximum atomic E-state index is 12.1. The van der Waals surface area contributed by atoms with Crippen LogP contribution < -0.4 is 0 Å². The highest BCUT2D eigenvalue weighted by Gasteiger charge is 2.46. The molecule has 0 radical (unpaired) electrons. The molecule has 2 N–H and O–H groups in total. The summed E-state index contributed by atoms with van der Waals surface area (Å²) in [5, 5.41) is 16.7. The number of carbonyl (C=O) groups is 3. The maximum absolute atomic E-state index is 12.1. The Labute approximate surface area is 139 Å². The molecule has 0 unspecified atom stereocenters. The zero-order valence-electron chi connectivity index (χ0n) is 13.4. The van der Waals surface area contributed by atoms with E-state index in [2.05, 4.69) is 12.1 Å². The van der Waals surface area contributed by atoms with Gasteiger partial charge in [0.2, 0.25) is 0 Å². The van der Waals surface area contributed by atoms with Gasteiger partial charge in [-0.3, -0.25) is 9.63 Å². The van der Waals surface area contributed by atoms with Gasteiger partial charge in [-0.2, -0.15) is 5.06 Å². The molecular weight excluding hydrogens is 314 g/mol. The first-order chi connectivity index (χ1) is 11.4. The van der Waals surface area contributed by atoms with E-state index in [-0.39, 0.29) is 18.1 Å². The van der Waals surface area contributed by atoms with Crippen LogP contribution in [0.25, 0.3) is 0 Å². The summed E-state index contributed by atoms with van der Waals surface area (Å²) in [7, 11) is 1.96. The summed E-state index contributed by atoms with van der Waals surface area (Å²) < 4.78 is 0. The molecule has 1 heterocycles. The average molecular weight is 335 g/mol. The molecule has 1 aromatic carbocycles. The number of nitrogens with zero attached hydrogens (tertiary/aromatic N) is 1. The minimum absolute atomic E-state index is 0.0731. The van der Waals surface area contributed by atoms with E-state index in [0.29, 0.717) is 5.78 Å². The van der Waals surface area contributed by atoms with E-state index in [1.54, 1.807) is 0 Å². The number of likely N-dealkylation sites (N-methyl/N-ethyl adjacent to an activating group) is 1. The van der Waals surface area contributed by atoms with E-state index in [1.165, 1.54) is 5.56 Å². The first kappa shape index (κ1) is 18.1. The fraction of sp³-hybridized carbons (Fsp3) is 0.471. The Kier molecular flexibility index (Phi) is 6.05. The highest BCUT2D eigenvalue weighted by molar-refractivity contribution is 6.27. The minimum atomic E-state index is -1.82. The Morgan fingerprint density at radius 1 is 1.21 bits per heavy atom. The fourth-order valence-electron chi connectivity index (χ4n) is 3.24. The highest BCUT2D eigenvalue weighted by atomic mass is 16.7. The van der Waals surface area contributed by atoms with Crippen molar-refractivity contribution in [2.45, 2.75) is 37.8 Å². The lowest BCUT2D eigenvalue weighted by molar-refractivity contribution is -0.159. The number of hydrogen-bond acceptors (Lipinski definition) is 5. The number of hydroxylamine groups is 2. The van der Waals surface area contributed by atoms with Gasteiger partial charge in [0.1, 0.15) is 5.78 Å². The van der Waals surface area contributed by atoms with Gasteiger partial charge in [-0.15, -0.1) is 0 Å². The van der Waals surface area contributed by atoms with Crippen molar-refractivity contribution in [3.05, 3.63) is 35.9 Å². The predicted molar refractivity (Wildman–Crippen MR) is 84.2 cm³/mol. The van der Waals surface area contributed by atoms with Crippen molar-refractivity contribution in [2.24, 2.45) is 5.92 Å². The summed E-state index contributed by atoms with van der Waals surface area (Å²) in [5.74, 6) is -3.19. The third-order valence-electron chi connectivity index (χ3n) is 4.34. The molecule has 7 nitrogen and oxygen atoms in total. The van der Waals surface area contributed by atoms with Crippen LogP contribution in [0.3, 0.4) is 0 Å². The van der Waals surface area contributed by atoms with Gasteiger partial charge in [-0.25, -0.2) is 9.59 Å². The predicted octanol–water partition coefficient (Wildman–Crippen LogP) is 1.37. The Balaban J connectivity index is 0.000000301. The molecule has 3 atom stereocenters. The summed E-state index contributed by atoms with van der Waals surface area (Å²) in [6.07, 6.45) is 3.73. The van der Waals surface area contributed by atoms with E-state index >= 15 is 0 Å². The molecule has 1 aliphatic heterocycles. The van der Waals surface area contributed by atoms with Crippen LogP contribution in [0.2, 0.25) is 0 Å². The molecular formula is C17H21NO6. The lowest BCUT2D eigenvalue weighted by atomic mass is 9.79. The van der Waals surface area contributed by atoms with E-state index in [1.807, 2.05) is 30.3 Å². The second-order valence-corrected chi connectivity index (χ2v) is 5.94. The maximum Gasteiger partial charge on any atom is 0.414 e. The Bertz CT molecular complexity index is 590. The number of fused-ring (bicyclic) bond motifs is 1. The van der Waals surface area contributed by atoms with E-state index in [4.69, 9.17) is 24.6 Å². The van der Waals surface area contributed by atoms with Crippen LogP contribution >= 0.6 is 0 Å². The highest BCUT2D eigenvalue weighted by Crippen LogP contribution is 2.36. The molecule has 3 rings (SSSR count). The van der Waals surface area contributed by atoms with Crippen molar-refractivity contribution >= 4 is 17.7 Å². The van der Waals surface area contributed by atoms with Gasteiger partial charge in [-0.05, 0) is 24.8 Å². The lowest BCUT2D eigenvalue weighted by Gasteiger charge is -2.25. The minimum Gasteiger partial charge on any atom is -0.473 e. The van der Waals surface area contributed by atoms with Crippen LogP contribution in [0.5, 0.6) is 0 Å². The molecule has 130 valence electrons. The molecule has 1 aromatic rings. The smallest absolute Gasteiger partial charge is 0.414 e. The average Bonchev–Trinajstić information content (AvgIpc) is 2.86. The van der Waals surface area contributed by atoms with Gasteiger partial charge in [-0.1, -0.05) is 30.3 Å². The number of rotatable bonds is 2. The zero-order chi connectivity index (χ0) is 17.7. The molecule has 0 bridgehead atoms. The van der Waals surface area contributed by atoms with E-state index < -0.39 is 11.9 Å². The van der Waals surface area contributed by atoms with Crippen LogP contribution in [0, 0.1) is 5.92 Å². The Morgan fingerprint density at radius 3 is 2.42 bits per heavy atom. The second-order valence-electron chi connectivity index (χ2n) is 5.94. The molecule has 7 heteroatoms. The van der Waals surface area contributed by atoms with E-state index in [9.17, 15) is 4.79 Å². The van der Waals surface area contributed by atoms with Crippen molar-refractivity contribution in [3.63, 3.8) is 0 Å². The number of carboxylic acids is 2. The molecule has 0 amide bonds. The molecule has 1 saturated carbocycles. The zero-order valence-corrected chi connectivity index (χ0v) is 13.4. The van der Waals surface area contributed by atoms with Crippen molar-refractivity contribution in [1.29, 1.82) is 0 Å². The summed E-state index contributed by atoms with van der Waals surface area (Å²) in [5.41, 5.74) is 1.27. The van der Waals surface area contributed by atoms with Gasteiger partial charge in [0, 0.05) is 13.5 Å². The largest absolute Gasteiger partial charge is 0.473 e. The second kappa shape index (κ2) is 8.03. The number of carbonyl (C=O) groups excluding carboxylic acids is 1. The monoisotopic (exact) mass is 335 g/mol. The Morgan fingerprint density at radius 2 is 1.83 bits per heavy atom. The first-order valence-corrected chi connectivity index (χ1v) is 7.82. The van der Waals surface area contributed by atoms with Crippen molar-refractivity contribution in [3.8, 4) is 0 Å². The quantitative estimate of drug-likeness (QED) is 0.787. The van der Waals surface area contributed by atoms with Crippen LogP contribution in [0.4, 0.5) is 0 Å². The number of hydrogen-bond donors (Lipinski definition) is 2. The summed E-state index contributed by atoms with van der Waals surface area (Å²) >= 11 is 0.